The zero-order valence-electron chi connectivity index (χ0n) is 16.3. The number of nitrogens with zero attached hydrogens (tertiary/aromatic N) is 1. The van der Waals surface area contributed by atoms with Crippen molar-refractivity contribution in [3.63, 3.8) is 0 Å². The van der Waals surface area contributed by atoms with Crippen LogP contribution in [0.2, 0.25) is 0 Å². The normalized spacial score (nSPS) is 26.0. The summed E-state index contributed by atoms with van der Waals surface area (Å²) in [6.45, 7) is 2.67. The van der Waals surface area contributed by atoms with Crippen molar-refractivity contribution in [1.82, 2.24) is 10.2 Å². The standard InChI is InChI=1S/C21H27BrN2O4/c1-13-3-9-17(10-4-13)24-12-15(11-18(24)25)20(26)23-19(21(27)28-2)14-5-7-16(22)8-6-14/h5-8,13,15,17,19H,3-4,9-12H2,1-2H3,(H,23,26). The number of carbonyl (C=O) groups excluding carboxylic acids is 3. The minimum Gasteiger partial charge on any atom is -0.467 e. The third-order valence-electron chi connectivity index (χ3n) is 5.88. The van der Waals surface area contributed by atoms with Gasteiger partial charge in [0.1, 0.15) is 0 Å². The summed E-state index contributed by atoms with van der Waals surface area (Å²) >= 11 is 3.36. The van der Waals surface area contributed by atoms with E-state index in [1.165, 1.54) is 7.11 Å². The second kappa shape index (κ2) is 9.07. The average molecular weight is 451 g/mol. The van der Waals surface area contributed by atoms with Gasteiger partial charge in [0.2, 0.25) is 11.8 Å². The Hall–Kier alpha value is -1.89. The van der Waals surface area contributed by atoms with Crippen molar-refractivity contribution in [3.05, 3.63) is 34.3 Å². The molecule has 0 aromatic heterocycles. The van der Waals surface area contributed by atoms with Gasteiger partial charge in [-0.2, -0.15) is 0 Å². The summed E-state index contributed by atoms with van der Waals surface area (Å²) in [4.78, 5) is 39.4. The number of methoxy groups -OCH3 is 1. The van der Waals surface area contributed by atoms with Gasteiger partial charge >= 0.3 is 5.97 Å². The second-order valence-electron chi connectivity index (χ2n) is 7.88. The maximum atomic E-state index is 12.8. The molecule has 1 saturated carbocycles. The molecule has 1 aromatic carbocycles. The molecule has 2 aliphatic rings. The largest absolute Gasteiger partial charge is 0.467 e. The van der Waals surface area contributed by atoms with Crippen molar-refractivity contribution < 1.29 is 19.1 Å². The van der Waals surface area contributed by atoms with Crippen LogP contribution in [-0.4, -0.2) is 42.4 Å². The first-order chi connectivity index (χ1) is 13.4. The van der Waals surface area contributed by atoms with Crippen molar-refractivity contribution in [3.8, 4) is 0 Å². The van der Waals surface area contributed by atoms with Gasteiger partial charge in [0.05, 0.1) is 13.0 Å². The van der Waals surface area contributed by atoms with Crippen molar-refractivity contribution >= 4 is 33.7 Å². The van der Waals surface area contributed by atoms with Crippen LogP contribution >= 0.6 is 15.9 Å². The van der Waals surface area contributed by atoms with E-state index >= 15 is 0 Å². The Morgan fingerprint density at radius 3 is 2.43 bits per heavy atom. The molecule has 6 nitrogen and oxygen atoms in total. The molecule has 2 unspecified atom stereocenters. The Morgan fingerprint density at radius 1 is 1.18 bits per heavy atom. The first-order valence-corrected chi connectivity index (χ1v) is 10.6. The van der Waals surface area contributed by atoms with E-state index in [4.69, 9.17) is 4.74 Å². The summed E-state index contributed by atoms with van der Waals surface area (Å²) in [6.07, 6.45) is 4.46. The molecule has 152 valence electrons. The molecule has 1 aliphatic heterocycles. The number of halogens is 1. The fourth-order valence-corrected chi connectivity index (χ4v) is 4.39. The maximum Gasteiger partial charge on any atom is 0.333 e. The SMILES string of the molecule is COC(=O)C(NC(=O)C1CC(=O)N(C2CCC(C)CC2)C1)c1ccc(Br)cc1. The van der Waals surface area contributed by atoms with Crippen molar-refractivity contribution in [2.45, 2.75) is 51.1 Å². The summed E-state index contributed by atoms with van der Waals surface area (Å²) in [5, 5.41) is 2.79. The number of ether oxygens (including phenoxy) is 1. The molecule has 0 bridgehead atoms. The van der Waals surface area contributed by atoms with E-state index in [1.54, 1.807) is 12.1 Å². The Balaban J connectivity index is 1.66. The van der Waals surface area contributed by atoms with E-state index in [9.17, 15) is 14.4 Å². The summed E-state index contributed by atoms with van der Waals surface area (Å²) in [5.74, 6) is -0.497. The summed E-state index contributed by atoms with van der Waals surface area (Å²) < 4.78 is 5.74. The Bertz CT molecular complexity index is 728. The summed E-state index contributed by atoms with van der Waals surface area (Å²) in [5.41, 5.74) is 0.644. The molecule has 2 amide bonds. The molecule has 28 heavy (non-hydrogen) atoms. The van der Waals surface area contributed by atoms with Crippen LogP contribution in [0.4, 0.5) is 0 Å². The van der Waals surface area contributed by atoms with Gasteiger partial charge in [-0.1, -0.05) is 35.0 Å². The van der Waals surface area contributed by atoms with Crippen LogP contribution in [0.1, 0.15) is 50.6 Å². The molecular weight excluding hydrogens is 424 g/mol. The number of likely N-dealkylation sites (tertiary alicyclic amines) is 1. The second-order valence-corrected chi connectivity index (χ2v) is 8.79. The average Bonchev–Trinajstić information content (AvgIpc) is 3.08. The molecular formula is C21H27BrN2O4. The zero-order valence-corrected chi connectivity index (χ0v) is 17.9. The predicted molar refractivity (Wildman–Crippen MR) is 108 cm³/mol. The van der Waals surface area contributed by atoms with E-state index in [0.29, 0.717) is 18.0 Å². The summed E-state index contributed by atoms with van der Waals surface area (Å²) in [6, 6.07) is 6.50. The van der Waals surface area contributed by atoms with Crippen LogP contribution < -0.4 is 5.32 Å². The zero-order chi connectivity index (χ0) is 20.3. The minimum atomic E-state index is -0.884. The first-order valence-electron chi connectivity index (χ1n) is 9.82. The predicted octanol–water partition coefficient (Wildman–Crippen LogP) is 3.21. The van der Waals surface area contributed by atoms with Gasteiger partial charge in [0, 0.05) is 23.5 Å². The molecule has 0 radical (unpaired) electrons. The highest BCUT2D eigenvalue weighted by Gasteiger charge is 2.39. The quantitative estimate of drug-likeness (QED) is 0.698. The van der Waals surface area contributed by atoms with Gasteiger partial charge in [-0.25, -0.2) is 4.79 Å². The number of hydrogen-bond acceptors (Lipinski definition) is 4. The molecule has 1 aliphatic carbocycles. The number of rotatable bonds is 5. The lowest BCUT2D eigenvalue weighted by atomic mass is 9.86. The van der Waals surface area contributed by atoms with Gasteiger partial charge in [0.15, 0.2) is 6.04 Å². The van der Waals surface area contributed by atoms with Crippen LogP contribution in [0.15, 0.2) is 28.7 Å². The molecule has 2 atom stereocenters. The van der Waals surface area contributed by atoms with Crippen LogP contribution in [0.5, 0.6) is 0 Å². The monoisotopic (exact) mass is 450 g/mol. The van der Waals surface area contributed by atoms with Crippen LogP contribution in [-0.2, 0) is 19.1 Å². The lowest BCUT2D eigenvalue weighted by Gasteiger charge is -2.33. The maximum absolute atomic E-state index is 12.8. The van der Waals surface area contributed by atoms with Gasteiger partial charge in [0.25, 0.3) is 0 Å². The lowest BCUT2D eigenvalue weighted by molar-refractivity contribution is -0.145. The number of carbonyl (C=O) groups is 3. The van der Waals surface area contributed by atoms with Crippen molar-refractivity contribution in [2.75, 3.05) is 13.7 Å². The fraction of sp³-hybridized carbons (Fsp3) is 0.571. The van der Waals surface area contributed by atoms with Crippen LogP contribution in [0.3, 0.4) is 0 Å². The molecule has 0 spiro atoms. The van der Waals surface area contributed by atoms with Gasteiger partial charge < -0.3 is 15.0 Å². The third-order valence-corrected chi connectivity index (χ3v) is 6.41. The molecule has 1 heterocycles. The Labute approximate surface area is 174 Å². The summed E-state index contributed by atoms with van der Waals surface area (Å²) in [7, 11) is 1.30. The first kappa shape index (κ1) is 20.8. The van der Waals surface area contributed by atoms with Gasteiger partial charge in [-0.05, 0) is 49.3 Å². The van der Waals surface area contributed by atoms with E-state index in [2.05, 4.69) is 28.2 Å². The van der Waals surface area contributed by atoms with E-state index in [0.717, 1.165) is 30.2 Å². The van der Waals surface area contributed by atoms with Crippen LogP contribution in [0, 0.1) is 11.8 Å². The molecule has 1 N–H and O–H groups in total. The highest BCUT2D eigenvalue weighted by atomic mass is 79.9. The molecule has 2 fully saturated rings. The molecule has 3 rings (SSSR count). The highest BCUT2D eigenvalue weighted by molar-refractivity contribution is 9.10. The highest BCUT2D eigenvalue weighted by Crippen LogP contribution is 2.31. The van der Waals surface area contributed by atoms with Gasteiger partial charge in [-0.15, -0.1) is 0 Å². The van der Waals surface area contributed by atoms with Gasteiger partial charge in [-0.3, -0.25) is 9.59 Å². The Morgan fingerprint density at radius 2 is 1.82 bits per heavy atom. The van der Waals surface area contributed by atoms with E-state index in [-0.39, 0.29) is 24.3 Å². The number of benzene rings is 1. The van der Waals surface area contributed by atoms with Crippen LogP contribution in [0.25, 0.3) is 0 Å². The minimum absolute atomic E-state index is 0.0398. The van der Waals surface area contributed by atoms with Crippen molar-refractivity contribution in [2.24, 2.45) is 11.8 Å². The third kappa shape index (κ3) is 4.74. The van der Waals surface area contributed by atoms with E-state index in [1.807, 2.05) is 17.0 Å². The van der Waals surface area contributed by atoms with E-state index < -0.39 is 17.9 Å². The van der Waals surface area contributed by atoms with Crippen molar-refractivity contribution in [1.29, 1.82) is 0 Å². The number of esters is 1. The smallest absolute Gasteiger partial charge is 0.333 e. The lowest BCUT2D eigenvalue weighted by Crippen LogP contribution is -2.41. The Kier molecular flexibility index (Phi) is 6.75. The topological polar surface area (TPSA) is 75.7 Å². The number of nitrogens with one attached hydrogen (secondary N) is 1. The fourth-order valence-electron chi connectivity index (χ4n) is 4.13. The molecule has 1 aromatic rings. The number of hydrogen-bond donors (Lipinski definition) is 1. The molecule has 7 heteroatoms. The molecule has 1 saturated heterocycles. The number of amides is 2.